The standard InChI is InChI=1S/C27H28FN3O4/c28-24-8-4-5-9-25(24)30-14-16-31(17-15-30)27(33)20-34-19-26(32)29-22-10-12-23(13-11-22)35-18-21-6-2-1-3-7-21/h1-13H,14-20H2,(H,29,32). The zero-order chi connectivity index (χ0) is 24.5. The largest absolute Gasteiger partial charge is 0.489 e. The highest BCUT2D eigenvalue weighted by Crippen LogP contribution is 2.20. The average Bonchev–Trinajstić information content (AvgIpc) is 2.89. The maximum absolute atomic E-state index is 14.0. The van der Waals surface area contributed by atoms with Gasteiger partial charge in [-0.3, -0.25) is 9.59 Å². The van der Waals surface area contributed by atoms with E-state index >= 15 is 0 Å². The van der Waals surface area contributed by atoms with E-state index in [1.165, 1.54) is 6.07 Å². The van der Waals surface area contributed by atoms with Crippen LogP contribution in [0.2, 0.25) is 0 Å². The maximum atomic E-state index is 14.0. The first-order valence-electron chi connectivity index (χ1n) is 11.5. The summed E-state index contributed by atoms with van der Waals surface area (Å²) in [6, 6.07) is 23.5. The smallest absolute Gasteiger partial charge is 0.250 e. The van der Waals surface area contributed by atoms with Crippen molar-refractivity contribution in [1.82, 2.24) is 4.90 Å². The third-order valence-corrected chi connectivity index (χ3v) is 5.67. The molecule has 0 aromatic heterocycles. The molecular weight excluding hydrogens is 449 g/mol. The molecule has 1 aliphatic rings. The van der Waals surface area contributed by atoms with Crippen molar-refractivity contribution in [3.8, 4) is 5.75 Å². The van der Waals surface area contributed by atoms with Crippen LogP contribution >= 0.6 is 0 Å². The minimum absolute atomic E-state index is 0.181. The molecule has 7 nitrogen and oxygen atoms in total. The van der Waals surface area contributed by atoms with Crippen LogP contribution in [0.1, 0.15) is 5.56 Å². The molecule has 1 N–H and O–H groups in total. The molecule has 4 rings (SSSR count). The number of hydrogen-bond donors (Lipinski definition) is 1. The van der Waals surface area contributed by atoms with Gasteiger partial charge in [0.25, 0.3) is 0 Å². The Hall–Kier alpha value is -3.91. The molecule has 0 atom stereocenters. The fraction of sp³-hybridized carbons (Fsp3) is 0.259. The van der Waals surface area contributed by atoms with Gasteiger partial charge in [0.05, 0.1) is 5.69 Å². The van der Waals surface area contributed by atoms with Crippen molar-refractivity contribution in [2.75, 3.05) is 49.6 Å². The summed E-state index contributed by atoms with van der Waals surface area (Å²) in [7, 11) is 0. The maximum Gasteiger partial charge on any atom is 0.250 e. The average molecular weight is 478 g/mol. The van der Waals surface area contributed by atoms with E-state index in [0.717, 1.165) is 5.56 Å². The molecule has 3 aromatic rings. The summed E-state index contributed by atoms with van der Waals surface area (Å²) in [5.41, 5.74) is 2.23. The van der Waals surface area contributed by atoms with Crippen molar-refractivity contribution >= 4 is 23.2 Å². The highest BCUT2D eigenvalue weighted by atomic mass is 19.1. The van der Waals surface area contributed by atoms with Gasteiger partial charge < -0.3 is 24.6 Å². The van der Waals surface area contributed by atoms with Gasteiger partial charge >= 0.3 is 0 Å². The number of halogens is 1. The van der Waals surface area contributed by atoms with Gasteiger partial charge in [-0.15, -0.1) is 0 Å². The van der Waals surface area contributed by atoms with Crippen molar-refractivity contribution < 1.29 is 23.5 Å². The second-order valence-electron chi connectivity index (χ2n) is 8.16. The summed E-state index contributed by atoms with van der Waals surface area (Å²) in [6.45, 7) is 2.08. The van der Waals surface area contributed by atoms with Gasteiger partial charge in [0, 0.05) is 31.9 Å². The molecule has 35 heavy (non-hydrogen) atoms. The molecule has 0 saturated carbocycles. The van der Waals surface area contributed by atoms with Gasteiger partial charge in [-0.2, -0.15) is 0 Å². The van der Waals surface area contributed by atoms with Crippen LogP contribution in [0.25, 0.3) is 0 Å². The van der Waals surface area contributed by atoms with E-state index in [-0.39, 0.29) is 30.8 Å². The van der Waals surface area contributed by atoms with Crippen molar-refractivity contribution in [3.63, 3.8) is 0 Å². The number of nitrogens with zero attached hydrogens (tertiary/aromatic N) is 2. The highest BCUT2D eigenvalue weighted by Gasteiger charge is 2.22. The fourth-order valence-corrected chi connectivity index (χ4v) is 3.80. The minimum Gasteiger partial charge on any atom is -0.489 e. The first-order valence-corrected chi connectivity index (χ1v) is 11.5. The predicted octanol–water partition coefficient (Wildman–Crippen LogP) is 3.71. The zero-order valence-electron chi connectivity index (χ0n) is 19.4. The normalized spacial score (nSPS) is 13.4. The topological polar surface area (TPSA) is 71.1 Å². The molecule has 0 unspecified atom stereocenters. The Morgan fingerprint density at radius 1 is 0.829 bits per heavy atom. The van der Waals surface area contributed by atoms with Crippen molar-refractivity contribution in [2.24, 2.45) is 0 Å². The number of benzene rings is 3. The number of piperazine rings is 1. The number of hydrogen-bond acceptors (Lipinski definition) is 5. The minimum atomic E-state index is -0.347. The lowest BCUT2D eigenvalue weighted by molar-refractivity contribution is -0.137. The van der Waals surface area contributed by atoms with Crippen LogP contribution in [-0.2, 0) is 20.9 Å². The number of rotatable bonds is 9. The lowest BCUT2D eigenvalue weighted by Gasteiger charge is -2.36. The van der Waals surface area contributed by atoms with Gasteiger partial charge in [-0.1, -0.05) is 42.5 Å². The zero-order valence-corrected chi connectivity index (χ0v) is 19.4. The molecular formula is C27H28FN3O4. The Labute approximate surface area is 204 Å². The Kier molecular flexibility index (Phi) is 8.30. The molecule has 0 bridgehead atoms. The number of amides is 2. The van der Waals surface area contributed by atoms with Crippen molar-refractivity contribution in [2.45, 2.75) is 6.61 Å². The van der Waals surface area contributed by atoms with E-state index in [1.807, 2.05) is 35.2 Å². The van der Waals surface area contributed by atoms with Gasteiger partial charge in [-0.05, 0) is 42.0 Å². The lowest BCUT2D eigenvalue weighted by Crippen LogP contribution is -2.50. The number of anilines is 2. The van der Waals surface area contributed by atoms with E-state index in [1.54, 1.807) is 47.4 Å². The summed E-state index contributed by atoms with van der Waals surface area (Å²) in [6.07, 6.45) is 0. The third-order valence-electron chi connectivity index (χ3n) is 5.67. The van der Waals surface area contributed by atoms with E-state index in [4.69, 9.17) is 9.47 Å². The summed E-state index contributed by atoms with van der Waals surface area (Å²) < 4.78 is 25.0. The molecule has 1 saturated heterocycles. The number of nitrogens with one attached hydrogen (secondary N) is 1. The van der Waals surface area contributed by atoms with Crippen LogP contribution in [-0.4, -0.2) is 56.1 Å². The first kappa shape index (κ1) is 24.2. The second kappa shape index (κ2) is 12.0. The van der Waals surface area contributed by atoms with Crippen LogP contribution < -0.4 is 15.0 Å². The SMILES string of the molecule is O=C(COCC(=O)N1CCN(c2ccccc2F)CC1)Nc1ccc(OCc2ccccc2)cc1. The number of ether oxygens (including phenoxy) is 2. The molecule has 0 radical (unpaired) electrons. The van der Waals surface area contributed by atoms with Gasteiger partial charge in [0.15, 0.2) is 0 Å². The lowest BCUT2D eigenvalue weighted by atomic mass is 10.2. The van der Waals surface area contributed by atoms with Crippen LogP contribution in [0.5, 0.6) is 5.75 Å². The summed E-state index contributed by atoms with van der Waals surface area (Å²) in [4.78, 5) is 28.2. The third kappa shape index (κ3) is 7.04. The number of para-hydroxylation sites is 1. The number of carbonyl (C=O) groups is 2. The highest BCUT2D eigenvalue weighted by molar-refractivity contribution is 5.92. The molecule has 1 fully saturated rings. The summed E-state index contributed by atoms with van der Waals surface area (Å²) in [5, 5.41) is 2.74. The quantitative estimate of drug-likeness (QED) is 0.509. The van der Waals surface area contributed by atoms with E-state index in [2.05, 4.69) is 5.32 Å². The van der Waals surface area contributed by atoms with E-state index in [9.17, 15) is 14.0 Å². The Bertz CT molecular complexity index is 1120. The number of carbonyl (C=O) groups excluding carboxylic acids is 2. The van der Waals surface area contributed by atoms with Crippen LogP contribution in [0, 0.1) is 5.82 Å². The van der Waals surface area contributed by atoms with E-state index in [0.29, 0.717) is 49.9 Å². The molecule has 1 aliphatic heterocycles. The van der Waals surface area contributed by atoms with Gasteiger partial charge in [-0.25, -0.2) is 4.39 Å². The van der Waals surface area contributed by atoms with E-state index < -0.39 is 0 Å². The molecule has 8 heteroatoms. The molecule has 182 valence electrons. The van der Waals surface area contributed by atoms with Crippen LogP contribution in [0.15, 0.2) is 78.9 Å². The second-order valence-corrected chi connectivity index (χ2v) is 8.16. The van der Waals surface area contributed by atoms with Crippen LogP contribution in [0.4, 0.5) is 15.8 Å². The Morgan fingerprint density at radius 2 is 1.51 bits per heavy atom. The molecule has 1 heterocycles. The summed E-state index contributed by atoms with van der Waals surface area (Å²) in [5.74, 6) is -0.106. The van der Waals surface area contributed by atoms with Gasteiger partial charge in [0.1, 0.15) is 31.4 Å². The van der Waals surface area contributed by atoms with Gasteiger partial charge in [0.2, 0.25) is 11.8 Å². The van der Waals surface area contributed by atoms with Crippen molar-refractivity contribution in [1.29, 1.82) is 0 Å². The van der Waals surface area contributed by atoms with Crippen molar-refractivity contribution in [3.05, 3.63) is 90.2 Å². The Balaban J connectivity index is 1.14. The molecule has 2 amide bonds. The molecule has 0 aliphatic carbocycles. The fourth-order valence-electron chi connectivity index (χ4n) is 3.80. The Morgan fingerprint density at radius 3 is 2.23 bits per heavy atom. The molecule has 0 spiro atoms. The monoisotopic (exact) mass is 477 g/mol. The predicted molar refractivity (Wildman–Crippen MR) is 132 cm³/mol. The molecule has 3 aromatic carbocycles. The summed E-state index contributed by atoms with van der Waals surface area (Å²) >= 11 is 0. The van der Waals surface area contributed by atoms with Crippen LogP contribution in [0.3, 0.4) is 0 Å². The first-order chi connectivity index (χ1) is 17.1.